The van der Waals surface area contributed by atoms with Gasteiger partial charge in [0.15, 0.2) is 26.5 Å². The number of halogens is 2. The standard InChI is InChI=1S/C24H26Cl2N2O5S2/c1-14-9-22(18(26)12-17(14)25)35(29,30)16-5-7-28(8-6-16)24-27-19(13-34-24)15-10-20(31-2)23(33-4)21(11-15)32-3/h9-13,16H,5-8H2,1-4H3. The molecule has 1 aliphatic heterocycles. The molecule has 35 heavy (non-hydrogen) atoms. The van der Waals surface area contributed by atoms with Gasteiger partial charge in [-0.1, -0.05) is 23.2 Å². The van der Waals surface area contributed by atoms with Crippen molar-refractivity contribution in [1.82, 2.24) is 4.98 Å². The Kier molecular flexibility index (Phi) is 7.71. The number of anilines is 1. The molecule has 1 fully saturated rings. The van der Waals surface area contributed by atoms with Gasteiger partial charge in [0.25, 0.3) is 0 Å². The highest BCUT2D eigenvalue weighted by atomic mass is 35.5. The molecule has 2 heterocycles. The summed E-state index contributed by atoms with van der Waals surface area (Å²) < 4.78 is 42.9. The van der Waals surface area contributed by atoms with Gasteiger partial charge in [0.1, 0.15) is 0 Å². The van der Waals surface area contributed by atoms with E-state index in [4.69, 9.17) is 42.4 Å². The van der Waals surface area contributed by atoms with Crippen LogP contribution in [0.4, 0.5) is 5.13 Å². The van der Waals surface area contributed by atoms with Crippen molar-refractivity contribution in [2.45, 2.75) is 29.9 Å². The smallest absolute Gasteiger partial charge is 0.203 e. The minimum absolute atomic E-state index is 0.151. The zero-order valence-electron chi connectivity index (χ0n) is 19.8. The number of hydrogen-bond acceptors (Lipinski definition) is 8. The van der Waals surface area contributed by atoms with E-state index >= 15 is 0 Å². The molecule has 11 heteroatoms. The lowest BCUT2D eigenvalue weighted by molar-refractivity contribution is 0.324. The number of ether oxygens (including phenoxy) is 3. The van der Waals surface area contributed by atoms with Crippen LogP contribution in [0.3, 0.4) is 0 Å². The third-order valence-electron chi connectivity index (χ3n) is 6.12. The molecule has 0 N–H and O–H groups in total. The summed E-state index contributed by atoms with van der Waals surface area (Å²) in [5.74, 6) is 1.63. The van der Waals surface area contributed by atoms with Crippen LogP contribution in [-0.4, -0.2) is 53.1 Å². The Morgan fingerprint density at radius 1 is 0.971 bits per heavy atom. The highest BCUT2D eigenvalue weighted by molar-refractivity contribution is 7.92. The van der Waals surface area contributed by atoms with Crippen LogP contribution in [0.1, 0.15) is 18.4 Å². The number of nitrogens with zero attached hydrogens (tertiary/aromatic N) is 2. The summed E-state index contributed by atoms with van der Waals surface area (Å²) in [6, 6.07) is 6.78. The van der Waals surface area contributed by atoms with E-state index in [0.717, 1.165) is 16.4 Å². The van der Waals surface area contributed by atoms with E-state index in [1.807, 2.05) is 17.5 Å². The highest BCUT2D eigenvalue weighted by Crippen LogP contribution is 2.42. The number of rotatable bonds is 7. The van der Waals surface area contributed by atoms with Gasteiger partial charge in [-0.25, -0.2) is 13.4 Å². The lowest BCUT2D eigenvalue weighted by Gasteiger charge is -2.31. The van der Waals surface area contributed by atoms with Crippen molar-refractivity contribution in [2.24, 2.45) is 0 Å². The Bertz CT molecular complexity index is 1310. The molecule has 0 unspecified atom stereocenters. The van der Waals surface area contributed by atoms with E-state index in [0.29, 0.717) is 53.8 Å². The molecular formula is C24H26Cl2N2O5S2. The molecule has 3 aromatic rings. The molecule has 1 saturated heterocycles. The first-order valence-electron chi connectivity index (χ1n) is 10.9. The first-order valence-corrected chi connectivity index (χ1v) is 14.1. The van der Waals surface area contributed by atoms with Crippen molar-refractivity contribution >= 4 is 49.5 Å². The van der Waals surface area contributed by atoms with Crippen molar-refractivity contribution in [3.05, 3.63) is 45.3 Å². The maximum Gasteiger partial charge on any atom is 0.203 e. The second-order valence-corrected chi connectivity index (χ2v) is 12.0. The number of thiazole rings is 1. The molecule has 4 rings (SSSR count). The van der Waals surface area contributed by atoms with Gasteiger partial charge in [-0.3, -0.25) is 0 Å². The topological polar surface area (TPSA) is 78.0 Å². The molecule has 0 amide bonds. The lowest BCUT2D eigenvalue weighted by Crippen LogP contribution is -2.39. The zero-order chi connectivity index (χ0) is 25.3. The molecule has 7 nitrogen and oxygen atoms in total. The molecule has 188 valence electrons. The second-order valence-electron chi connectivity index (χ2n) is 8.19. The first kappa shape index (κ1) is 25.9. The van der Waals surface area contributed by atoms with Gasteiger partial charge in [0.05, 0.1) is 42.2 Å². The summed E-state index contributed by atoms with van der Waals surface area (Å²) in [5, 5.41) is 2.92. The summed E-state index contributed by atoms with van der Waals surface area (Å²) in [6.45, 7) is 2.93. The van der Waals surface area contributed by atoms with Crippen LogP contribution in [0.5, 0.6) is 17.2 Å². The van der Waals surface area contributed by atoms with E-state index < -0.39 is 15.1 Å². The van der Waals surface area contributed by atoms with Gasteiger partial charge < -0.3 is 19.1 Å². The van der Waals surface area contributed by atoms with Gasteiger partial charge in [-0.2, -0.15) is 0 Å². The van der Waals surface area contributed by atoms with Crippen LogP contribution in [0.25, 0.3) is 11.3 Å². The molecule has 0 spiro atoms. The van der Waals surface area contributed by atoms with Gasteiger partial charge in [-0.05, 0) is 49.6 Å². The predicted octanol–water partition coefficient (Wildman–Crippen LogP) is 5.89. The number of benzene rings is 2. The van der Waals surface area contributed by atoms with E-state index in [1.54, 1.807) is 34.3 Å². The molecule has 0 radical (unpaired) electrons. The summed E-state index contributed by atoms with van der Waals surface area (Å²) in [5.41, 5.74) is 2.31. The van der Waals surface area contributed by atoms with Gasteiger partial charge in [0.2, 0.25) is 5.75 Å². The van der Waals surface area contributed by atoms with E-state index in [1.165, 1.54) is 17.4 Å². The zero-order valence-corrected chi connectivity index (χ0v) is 22.9. The number of sulfone groups is 1. The number of aryl methyl sites for hydroxylation is 1. The van der Waals surface area contributed by atoms with Crippen LogP contribution >= 0.6 is 34.5 Å². The van der Waals surface area contributed by atoms with Crippen molar-refractivity contribution in [1.29, 1.82) is 0 Å². The van der Waals surface area contributed by atoms with E-state index in [9.17, 15) is 8.42 Å². The molecule has 0 aliphatic carbocycles. The normalized spacial score (nSPS) is 14.7. The van der Waals surface area contributed by atoms with Gasteiger partial charge in [-0.15, -0.1) is 11.3 Å². The Morgan fingerprint density at radius 2 is 1.60 bits per heavy atom. The van der Waals surface area contributed by atoms with Crippen LogP contribution in [0.15, 0.2) is 34.5 Å². The molecule has 1 aromatic heterocycles. The van der Waals surface area contributed by atoms with Crippen LogP contribution in [-0.2, 0) is 9.84 Å². The first-order chi connectivity index (χ1) is 16.7. The minimum Gasteiger partial charge on any atom is -0.493 e. The van der Waals surface area contributed by atoms with Crippen molar-refractivity contribution in [3.63, 3.8) is 0 Å². The fourth-order valence-electron chi connectivity index (χ4n) is 4.16. The number of methoxy groups -OCH3 is 3. The van der Waals surface area contributed by atoms with Crippen molar-refractivity contribution < 1.29 is 22.6 Å². The monoisotopic (exact) mass is 556 g/mol. The maximum atomic E-state index is 13.3. The van der Waals surface area contributed by atoms with E-state index in [-0.39, 0.29) is 9.92 Å². The van der Waals surface area contributed by atoms with Crippen molar-refractivity contribution in [3.8, 4) is 28.5 Å². The SMILES string of the molecule is COc1cc(-c2csc(N3CCC(S(=O)(=O)c4cc(C)c(Cl)cc4Cl)CC3)n2)cc(OC)c1OC. The summed E-state index contributed by atoms with van der Waals surface area (Å²) in [6.07, 6.45) is 0.971. The van der Waals surface area contributed by atoms with Gasteiger partial charge in [0, 0.05) is 29.1 Å². The maximum absolute atomic E-state index is 13.3. The third-order valence-corrected chi connectivity index (χ3v) is 10.2. The summed E-state index contributed by atoms with van der Waals surface area (Å²) >= 11 is 13.9. The predicted molar refractivity (Wildman–Crippen MR) is 141 cm³/mol. The molecule has 1 aliphatic rings. The lowest BCUT2D eigenvalue weighted by atomic mass is 10.1. The molecule has 0 saturated carbocycles. The highest BCUT2D eigenvalue weighted by Gasteiger charge is 2.34. The Labute approximate surface area is 219 Å². The molecular weight excluding hydrogens is 531 g/mol. The van der Waals surface area contributed by atoms with Crippen molar-refractivity contribution in [2.75, 3.05) is 39.3 Å². The Balaban J connectivity index is 1.51. The number of piperidine rings is 1. The fourth-order valence-corrected chi connectivity index (χ4v) is 7.61. The van der Waals surface area contributed by atoms with E-state index in [2.05, 4.69) is 4.90 Å². The quantitative estimate of drug-likeness (QED) is 0.358. The van der Waals surface area contributed by atoms with Gasteiger partial charge >= 0.3 is 0 Å². The average molecular weight is 558 g/mol. The molecule has 0 atom stereocenters. The minimum atomic E-state index is -3.57. The summed E-state index contributed by atoms with van der Waals surface area (Å²) in [7, 11) is 1.14. The number of hydrogen-bond donors (Lipinski definition) is 0. The summed E-state index contributed by atoms with van der Waals surface area (Å²) in [4.78, 5) is 7.07. The van der Waals surface area contributed by atoms with Crippen LogP contribution < -0.4 is 19.1 Å². The largest absolute Gasteiger partial charge is 0.493 e. The molecule has 0 bridgehead atoms. The Morgan fingerprint density at radius 3 is 2.17 bits per heavy atom. The van der Waals surface area contributed by atoms with Crippen LogP contribution in [0.2, 0.25) is 10.0 Å². The molecule has 2 aromatic carbocycles. The average Bonchev–Trinajstić information content (AvgIpc) is 3.35. The Hall–Kier alpha value is -2.20. The number of aromatic nitrogens is 1. The third kappa shape index (κ3) is 5.05. The van der Waals surface area contributed by atoms with Crippen LogP contribution in [0, 0.1) is 6.92 Å². The second kappa shape index (κ2) is 10.4. The fraction of sp³-hybridized carbons (Fsp3) is 0.375.